The van der Waals surface area contributed by atoms with Gasteiger partial charge in [-0.25, -0.2) is 14.6 Å². The highest BCUT2D eigenvalue weighted by atomic mass is 32.2. The maximum Gasteiger partial charge on any atom is 0.357 e. The lowest BCUT2D eigenvalue weighted by Crippen LogP contribution is -2.70. The van der Waals surface area contributed by atoms with E-state index in [4.69, 9.17) is 19.0 Å². The molecule has 0 saturated carbocycles. The molecule has 2 aliphatic rings. The minimum atomic E-state index is -1.15. The molecule has 0 spiro atoms. The molecule has 1 saturated heterocycles. The minimum absolute atomic E-state index is 0.0109. The zero-order valence-corrected chi connectivity index (χ0v) is 26.9. The summed E-state index contributed by atoms with van der Waals surface area (Å²) >= 11 is 2.54. The van der Waals surface area contributed by atoms with Crippen LogP contribution in [0.5, 0.6) is 0 Å². The van der Waals surface area contributed by atoms with Crippen molar-refractivity contribution in [3.05, 3.63) is 100 Å². The number of ether oxygens (including phenoxy) is 3. The number of esters is 3. The Morgan fingerprint density at radius 2 is 1.68 bits per heavy atom. The van der Waals surface area contributed by atoms with E-state index in [0.29, 0.717) is 5.75 Å². The van der Waals surface area contributed by atoms with Gasteiger partial charge in [-0.3, -0.25) is 19.3 Å². The average Bonchev–Trinajstić information content (AvgIpc) is 3.62. The highest BCUT2D eigenvalue weighted by Gasteiger charge is 2.53. The zero-order valence-electron chi connectivity index (χ0n) is 25.3. The van der Waals surface area contributed by atoms with E-state index in [-0.39, 0.29) is 23.5 Å². The third kappa shape index (κ3) is 8.04. The fraction of sp³-hybridized carbons (Fsp3) is 0.281. The molecule has 2 aliphatic heterocycles. The summed E-state index contributed by atoms with van der Waals surface area (Å²) in [6, 6.07) is 17.4. The number of β-lactam (4-membered cyclic amide) rings is 1. The third-order valence-electron chi connectivity index (χ3n) is 6.88. The van der Waals surface area contributed by atoms with Gasteiger partial charge in [0.05, 0.1) is 5.51 Å². The second kappa shape index (κ2) is 15.5. The van der Waals surface area contributed by atoms with Crippen molar-refractivity contribution in [2.45, 2.75) is 44.1 Å². The molecule has 5 rings (SSSR count). The quantitative estimate of drug-likeness (QED) is 0.0928. The van der Waals surface area contributed by atoms with Crippen LogP contribution in [-0.2, 0) is 43.0 Å². The molecule has 0 radical (unpaired) electrons. The number of amides is 2. The zero-order chi connectivity index (χ0) is 33.3. The van der Waals surface area contributed by atoms with Crippen LogP contribution in [0.25, 0.3) is 0 Å². The van der Waals surface area contributed by atoms with Crippen molar-refractivity contribution < 1.29 is 43.0 Å². The summed E-state index contributed by atoms with van der Waals surface area (Å²) in [7, 11) is 0. The number of oxime groups is 1. The first-order valence-corrected chi connectivity index (χ1v) is 16.5. The van der Waals surface area contributed by atoms with Crippen LogP contribution in [0, 0.1) is 0 Å². The van der Waals surface area contributed by atoms with E-state index < -0.39 is 60.1 Å². The molecular weight excluding hydrogens is 649 g/mol. The molecule has 1 fully saturated rings. The number of benzene rings is 2. The van der Waals surface area contributed by atoms with Crippen LogP contribution in [0.1, 0.15) is 43.2 Å². The van der Waals surface area contributed by atoms with Gasteiger partial charge in [-0.1, -0.05) is 72.7 Å². The van der Waals surface area contributed by atoms with Crippen LogP contribution in [-0.4, -0.2) is 75.4 Å². The molecule has 0 aliphatic carbocycles. The predicted octanol–water partition coefficient (Wildman–Crippen LogP) is 3.32. The van der Waals surface area contributed by atoms with E-state index in [2.05, 4.69) is 15.5 Å². The minimum Gasteiger partial charge on any atom is -0.450 e. The maximum absolute atomic E-state index is 13.4. The van der Waals surface area contributed by atoms with Gasteiger partial charge in [0.2, 0.25) is 12.9 Å². The van der Waals surface area contributed by atoms with Crippen LogP contribution in [0.3, 0.4) is 0 Å². The number of fused-ring (bicyclic) bond motifs is 1. The van der Waals surface area contributed by atoms with Crippen molar-refractivity contribution in [1.29, 1.82) is 0 Å². The van der Waals surface area contributed by atoms with Crippen molar-refractivity contribution in [2.75, 3.05) is 12.4 Å². The Morgan fingerprint density at radius 3 is 2.30 bits per heavy atom. The Bertz CT molecular complexity index is 1630. The fourth-order valence-corrected chi connectivity index (χ4v) is 6.41. The molecule has 2 amide bonds. The van der Waals surface area contributed by atoms with E-state index in [9.17, 15) is 24.0 Å². The van der Waals surface area contributed by atoms with Crippen LogP contribution in [0.15, 0.2) is 88.5 Å². The Hall–Kier alpha value is -5.02. The molecule has 0 bridgehead atoms. The summed E-state index contributed by atoms with van der Waals surface area (Å²) in [5, 5.41) is 7.49. The molecule has 3 aromatic rings. The van der Waals surface area contributed by atoms with Crippen LogP contribution in [0.4, 0.5) is 0 Å². The summed E-state index contributed by atoms with van der Waals surface area (Å²) in [4.78, 5) is 74.2. The van der Waals surface area contributed by atoms with E-state index in [1.165, 1.54) is 46.5 Å². The van der Waals surface area contributed by atoms with Gasteiger partial charge in [-0.05, 0) is 17.2 Å². The molecule has 1 N–H and O–H groups in total. The first-order valence-electron chi connectivity index (χ1n) is 14.5. The smallest absolute Gasteiger partial charge is 0.357 e. The van der Waals surface area contributed by atoms with E-state index in [1.807, 2.05) is 60.7 Å². The van der Waals surface area contributed by atoms with Gasteiger partial charge in [0.25, 0.3) is 11.8 Å². The molecule has 2 aromatic carbocycles. The summed E-state index contributed by atoms with van der Waals surface area (Å²) in [6.07, 6.45) is -0.194. The number of hydrogen-bond donors (Lipinski definition) is 1. The molecule has 3 heterocycles. The lowest BCUT2D eigenvalue weighted by molar-refractivity contribution is -0.184. The van der Waals surface area contributed by atoms with Crippen molar-refractivity contribution in [2.24, 2.45) is 5.16 Å². The first-order chi connectivity index (χ1) is 22.8. The van der Waals surface area contributed by atoms with Gasteiger partial charge >= 0.3 is 17.9 Å². The summed E-state index contributed by atoms with van der Waals surface area (Å²) < 4.78 is 15.9. The molecule has 13 nitrogen and oxygen atoms in total. The van der Waals surface area contributed by atoms with Gasteiger partial charge in [0, 0.05) is 24.5 Å². The van der Waals surface area contributed by atoms with Crippen LogP contribution < -0.4 is 5.32 Å². The molecule has 3 atom stereocenters. The summed E-state index contributed by atoms with van der Waals surface area (Å²) in [5.74, 6) is -3.06. The monoisotopic (exact) mass is 678 g/mol. The molecule has 1 aromatic heterocycles. The maximum atomic E-state index is 13.4. The predicted molar refractivity (Wildman–Crippen MR) is 170 cm³/mol. The largest absolute Gasteiger partial charge is 0.450 e. The normalized spacial score (nSPS) is 17.9. The number of rotatable bonds is 13. The highest BCUT2D eigenvalue weighted by Crippen LogP contribution is 2.38. The average molecular weight is 679 g/mol. The molecule has 244 valence electrons. The number of thioether (sulfide) groups is 1. The first kappa shape index (κ1) is 33.3. The Morgan fingerprint density at radius 1 is 1.00 bits per heavy atom. The molecule has 2 unspecified atom stereocenters. The SMILES string of the molecule is CCC(=O)OC(C)OC(=O)C1=CCS[C@@H]2C(NC(=O)/C(=N/OCC(=O)OC(c3ccccc3)c3ccccc3)c3cscn3)C(=O)N12. The Labute approximate surface area is 277 Å². The van der Waals surface area contributed by atoms with Crippen molar-refractivity contribution in [1.82, 2.24) is 15.2 Å². The number of thiazole rings is 1. The van der Waals surface area contributed by atoms with E-state index in [0.717, 1.165) is 11.1 Å². The Balaban J connectivity index is 1.22. The standard InChI is InChI=1S/C32H30N4O9S2/c1-3-24(37)43-19(2)44-32(41)23-14-15-47-31-27(30(40)36(23)31)34-29(39)26(22-17-46-18-33-22)35-42-16-25(38)45-28(20-10-6-4-7-11-20)21-12-8-5-9-13-21/h4-14,17-19,27-28,31H,3,15-16H2,1-2H3,(H,34,39)/b35-26+/t19?,27?,31-/m1/s1. The number of hydrogen-bond acceptors (Lipinski definition) is 13. The summed E-state index contributed by atoms with van der Waals surface area (Å²) in [5.41, 5.74) is 2.92. The van der Waals surface area contributed by atoms with Crippen LogP contribution >= 0.6 is 23.1 Å². The lowest BCUT2D eigenvalue weighted by atomic mass is 10.0. The van der Waals surface area contributed by atoms with Crippen molar-refractivity contribution >= 4 is 58.5 Å². The van der Waals surface area contributed by atoms with Gasteiger partial charge < -0.3 is 24.4 Å². The van der Waals surface area contributed by atoms with E-state index in [1.54, 1.807) is 12.3 Å². The molecular formula is C32H30N4O9S2. The molecule has 47 heavy (non-hydrogen) atoms. The topological polar surface area (TPSA) is 163 Å². The second-order valence-corrected chi connectivity index (χ2v) is 11.9. The third-order valence-corrected chi connectivity index (χ3v) is 8.65. The summed E-state index contributed by atoms with van der Waals surface area (Å²) in [6.45, 7) is 2.40. The lowest BCUT2D eigenvalue weighted by Gasteiger charge is -2.48. The highest BCUT2D eigenvalue weighted by molar-refractivity contribution is 8.00. The van der Waals surface area contributed by atoms with Crippen LogP contribution in [0.2, 0.25) is 0 Å². The number of nitrogens with one attached hydrogen (secondary N) is 1. The second-order valence-electron chi connectivity index (χ2n) is 10.1. The Kier molecular flexibility index (Phi) is 11.0. The number of carbonyl (C=O) groups is 5. The van der Waals surface area contributed by atoms with Gasteiger partial charge in [0.1, 0.15) is 22.8 Å². The van der Waals surface area contributed by atoms with Crippen molar-refractivity contribution in [3.63, 3.8) is 0 Å². The fourth-order valence-electron chi connectivity index (χ4n) is 4.68. The van der Waals surface area contributed by atoms with Gasteiger partial charge in [-0.15, -0.1) is 23.1 Å². The van der Waals surface area contributed by atoms with Crippen molar-refractivity contribution in [3.8, 4) is 0 Å². The van der Waals surface area contributed by atoms with Gasteiger partial charge in [0.15, 0.2) is 11.8 Å². The van der Waals surface area contributed by atoms with E-state index >= 15 is 0 Å². The number of nitrogens with zero attached hydrogens (tertiary/aromatic N) is 3. The number of aromatic nitrogens is 1. The molecule has 15 heteroatoms. The van der Waals surface area contributed by atoms with Gasteiger partial charge in [-0.2, -0.15) is 0 Å². The number of carbonyl (C=O) groups excluding carboxylic acids is 5.